The molecule has 13 heavy (non-hydrogen) atoms. The molecule has 0 unspecified atom stereocenters. The van der Waals surface area contributed by atoms with Crippen LogP contribution < -0.4 is 0 Å². The van der Waals surface area contributed by atoms with Crippen LogP contribution in [0.25, 0.3) is 0 Å². The SMILES string of the molecule is C.CCCCOC.CCCOCC. The largest absolute Gasteiger partial charge is 0.385 e. The molecule has 0 radical (unpaired) electrons. The van der Waals surface area contributed by atoms with Crippen LogP contribution >= 0.6 is 0 Å². The molecule has 0 amide bonds. The second-order valence-electron chi connectivity index (χ2n) is 2.54. The van der Waals surface area contributed by atoms with Crippen molar-refractivity contribution in [2.45, 2.75) is 47.5 Å². The predicted molar refractivity (Wildman–Crippen MR) is 60.3 cm³/mol. The summed E-state index contributed by atoms with van der Waals surface area (Å²) in [5.41, 5.74) is 0. The van der Waals surface area contributed by atoms with E-state index < -0.39 is 0 Å². The van der Waals surface area contributed by atoms with Crippen LogP contribution in [0.4, 0.5) is 0 Å². The Bertz CT molecular complexity index is 40.1. The van der Waals surface area contributed by atoms with E-state index in [1.54, 1.807) is 7.11 Å². The lowest BCUT2D eigenvalue weighted by atomic mass is 10.4. The fourth-order valence-corrected chi connectivity index (χ4v) is 0.577. The molecular weight excluding hydrogens is 164 g/mol. The zero-order chi connectivity index (χ0) is 9.66. The van der Waals surface area contributed by atoms with Crippen LogP contribution in [-0.4, -0.2) is 26.9 Å². The van der Waals surface area contributed by atoms with Crippen LogP contribution in [0, 0.1) is 0 Å². The third-order valence-electron chi connectivity index (χ3n) is 1.25. The summed E-state index contributed by atoms with van der Waals surface area (Å²) in [6, 6.07) is 0. The number of hydrogen-bond acceptors (Lipinski definition) is 2. The summed E-state index contributed by atoms with van der Waals surface area (Å²) < 4.78 is 9.76. The molecule has 0 spiro atoms. The molecule has 0 aliphatic carbocycles. The maximum absolute atomic E-state index is 4.98. The van der Waals surface area contributed by atoms with E-state index in [1.165, 1.54) is 12.8 Å². The number of rotatable bonds is 6. The Hall–Kier alpha value is -0.0800. The molecule has 0 aliphatic heterocycles. The minimum atomic E-state index is 0. The third kappa shape index (κ3) is 33.5. The summed E-state index contributed by atoms with van der Waals surface area (Å²) in [4.78, 5) is 0. The third-order valence-corrected chi connectivity index (χ3v) is 1.25. The highest BCUT2D eigenvalue weighted by atomic mass is 16.5. The molecule has 0 heterocycles. The first-order valence-electron chi connectivity index (χ1n) is 4.90. The maximum Gasteiger partial charge on any atom is 0.0463 e. The van der Waals surface area contributed by atoms with E-state index in [9.17, 15) is 0 Å². The van der Waals surface area contributed by atoms with Gasteiger partial charge in [-0.3, -0.25) is 0 Å². The van der Waals surface area contributed by atoms with Gasteiger partial charge in [0.25, 0.3) is 0 Å². The van der Waals surface area contributed by atoms with Gasteiger partial charge in [-0.05, 0) is 19.8 Å². The highest BCUT2D eigenvalue weighted by Gasteiger charge is 1.74. The number of hydrogen-bond donors (Lipinski definition) is 0. The van der Waals surface area contributed by atoms with Crippen molar-refractivity contribution >= 4 is 0 Å². The Labute approximate surface area is 84.6 Å². The van der Waals surface area contributed by atoms with Crippen LogP contribution in [0.2, 0.25) is 0 Å². The zero-order valence-corrected chi connectivity index (χ0v) is 9.06. The molecule has 84 valence electrons. The molecule has 0 rings (SSSR count). The second-order valence-corrected chi connectivity index (χ2v) is 2.54. The molecule has 2 nitrogen and oxygen atoms in total. The van der Waals surface area contributed by atoms with Gasteiger partial charge in [-0.1, -0.05) is 27.7 Å². The van der Waals surface area contributed by atoms with Gasteiger partial charge in [0, 0.05) is 26.9 Å². The van der Waals surface area contributed by atoms with Crippen molar-refractivity contribution in [1.82, 2.24) is 0 Å². The van der Waals surface area contributed by atoms with Gasteiger partial charge in [0.05, 0.1) is 0 Å². The van der Waals surface area contributed by atoms with Crippen molar-refractivity contribution in [2.75, 3.05) is 26.9 Å². The standard InChI is InChI=1S/2C5H12O.CH4/c1-3-4-5-6-2;1-3-5-6-4-2;/h2*3-5H2,1-2H3;1H4. The minimum Gasteiger partial charge on any atom is -0.385 e. The average Bonchev–Trinajstić information content (AvgIpc) is 2.12. The average molecular weight is 192 g/mol. The Morgan fingerprint density at radius 1 is 0.923 bits per heavy atom. The Morgan fingerprint density at radius 3 is 1.69 bits per heavy atom. The van der Waals surface area contributed by atoms with Gasteiger partial charge in [0.2, 0.25) is 0 Å². The van der Waals surface area contributed by atoms with E-state index in [1.807, 2.05) is 6.92 Å². The van der Waals surface area contributed by atoms with Crippen molar-refractivity contribution < 1.29 is 9.47 Å². The molecule has 0 N–H and O–H groups in total. The summed E-state index contributed by atoms with van der Waals surface area (Å²) in [6.07, 6.45) is 3.55. The quantitative estimate of drug-likeness (QED) is 0.600. The second kappa shape index (κ2) is 22.7. The van der Waals surface area contributed by atoms with Crippen molar-refractivity contribution in [2.24, 2.45) is 0 Å². The maximum atomic E-state index is 4.98. The van der Waals surface area contributed by atoms with Crippen LogP contribution in [0.1, 0.15) is 47.5 Å². The fraction of sp³-hybridized carbons (Fsp3) is 1.00. The lowest BCUT2D eigenvalue weighted by molar-refractivity contribution is 0.148. The topological polar surface area (TPSA) is 18.5 Å². The van der Waals surface area contributed by atoms with E-state index in [0.29, 0.717) is 0 Å². The normalized spacial score (nSPS) is 8.31. The first-order chi connectivity index (χ1) is 5.83. The number of ether oxygens (including phenoxy) is 2. The number of methoxy groups -OCH3 is 1. The van der Waals surface area contributed by atoms with Crippen LogP contribution in [-0.2, 0) is 9.47 Å². The molecule has 0 saturated carbocycles. The van der Waals surface area contributed by atoms with Crippen molar-refractivity contribution in [1.29, 1.82) is 0 Å². The van der Waals surface area contributed by atoms with E-state index in [2.05, 4.69) is 13.8 Å². The Morgan fingerprint density at radius 2 is 1.54 bits per heavy atom. The highest BCUT2D eigenvalue weighted by molar-refractivity contribution is 4.26. The molecule has 0 atom stereocenters. The van der Waals surface area contributed by atoms with Crippen molar-refractivity contribution in [3.63, 3.8) is 0 Å². The lowest BCUT2D eigenvalue weighted by Gasteiger charge is -1.91. The summed E-state index contributed by atoms with van der Waals surface area (Å²) in [5, 5.41) is 0. The molecule has 0 aromatic heterocycles. The number of unbranched alkanes of at least 4 members (excludes halogenated alkanes) is 1. The van der Waals surface area contributed by atoms with Crippen LogP contribution in [0.5, 0.6) is 0 Å². The van der Waals surface area contributed by atoms with Gasteiger partial charge in [-0.2, -0.15) is 0 Å². The predicted octanol–water partition coefficient (Wildman–Crippen LogP) is 3.50. The molecule has 2 heteroatoms. The van der Waals surface area contributed by atoms with Crippen LogP contribution in [0.3, 0.4) is 0 Å². The molecule has 0 fully saturated rings. The molecule has 0 aliphatic rings. The van der Waals surface area contributed by atoms with Gasteiger partial charge in [-0.15, -0.1) is 0 Å². The Kier molecular flexibility index (Phi) is 32.5. The smallest absolute Gasteiger partial charge is 0.0463 e. The highest BCUT2D eigenvalue weighted by Crippen LogP contribution is 1.83. The Balaban J connectivity index is -0.000000143. The van der Waals surface area contributed by atoms with Crippen LogP contribution in [0.15, 0.2) is 0 Å². The molecule has 0 bridgehead atoms. The zero-order valence-electron chi connectivity index (χ0n) is 9.06. The summed E-state index contributed by atoms with van der Waals surface area (Å²) in [6.45, 7) is 8.95. The molecular formula is C11H28O2. The monoisotopic (exact) mass is 192 g/mol. The molecule has 0 aromatic rings. The first-order valence-corrected chi connectivity index (χ1v) is 4.90. The van der Waals surface area contributed by atoms with E-state index in [-0.39, 0.29) is 7.43 Å². The van der Waals surface area contributed by atoms with Gasteiger partial charge in [0.1, 0.15) is 0 Å². The lowest BCUT2D eigenvalue weighted by Crippen LogP contribution is -1.88. The summed E-state index contributed by atoms with van der Waals surface area (Å²) in [5.74, 6) is 0. The summed E-state index contributed by atoms with van der Waals surface area (Å²) in [7, 11) is 1.73. The minimum absolute atomic E-state index is 0. The van der Waals surface area contributed by atoms with Crippen molar-refractivity contribution in [3.05, 3.63) is 0 Å². The molecule has 0 saturated heterocycles. The van der Waals surface area contributed by atoms with Gasteiger partial charge < -0.3 is 9.47 Å². The van der Waals surface area contributed by atoms with E-state index >= 15 is 0 Å². The van der Waals surface area contributed by atoms with Crippen molar-refractivity contribution in [3.8, 4) is 0 Å². The summed E-state index contributed by atoms with van der Waals surface area (Å²) >= 11 is 0. The first kappa shape index (κ1) is 18.7. The van der Waals surface area contributed by atoms with E-state index in [0.717, 1.165) is 26.2 Å². The van der Waals surface area contributed by atoms with E-state index in [4.69, 9.17) is 9.47 Å². The van der Waals surface area contributed by atoms with Gasteiger partial charge in [0.15, 0.2) is 0 Å². The van der Waals surface area contributed by atoms with Gasteiger partial charge in [-0.25, -0.2) is 0 Å². The van der Waals surface area contributed by atoms with Gasteiger partial charge >= 0.3 is 0 Å². The molecule has 0 aromatic carbocycles. The fourth-order valence-electron chi connectivity index (χ4n) is 0.577.